The van der Waals surface area contributed by atoms with E-state index in [1.165, 1.54) is 0 Å². The van der Waals surface area contributed by atoms with Crippen LogP contribution in [0.15, 0.2) is 61.2 Å². The summed E-state index contributed by atoms with van der Waals surface area (Å²) in [5, 5.41) is 14.8. The predicted molar refractivity (Wildman–Crippen MR) is 161 cm³/mol. The van der Waals surface area contributed by atoms with Gasteiger partial charge in [0, 0.05) is 51.2 Å². The minimum atomic E-state index is 0.281. The van der Waals surface area contributed by atoms with E-state index < -0.39 is 0 Å². The number of benzene rings is 4. The molecule has 0 spiro atoms. The first kappa shape index (κ1) is 23.0. The van der Waals surface area contributed by atoms with Crippen molar-refractivity contribution in [1.29, 1.82) is 0 Å². The second-order valence-electron chi connectivity index (χ2n) is 11.1. The van der Waals surface area contributed by atoms with Gasteiger partial charge in [-0.05, 0) is 28.6 Å². The van der Waals surface area contributed by atoms with Crippen molar-refractivity contribution in [3.63, 3.8) is 0 Å². The third kappa shape index (κ3) is 3.19. The Morgan fingerprint density at radius 3 is 1.75 bits per heavy atom. The Morgan fingerprint density at radius 1 is 0.525 bits per heavy atom. The maximum absolute atomic E-state index is 4.93. The van der Waals surface area contributed by atoms with Crippen LogP contribution in [-0.4, -0.2) is 40.1 Å². The van der Waals surface area contributed by atoms with Crippen molar-refractivity contribution in [2.75, 3.05) is 0 Å². The Morgan fingerprint density at radius 2 is 1.07 bits per heavy atom. The van der Waals surface area contributed by atoms with E-state index in [-0.39, 0.29) is 5.92 Å². The zero-order valence-corrected chi connectivity index (χ0v) is 22.6. The molecule has 0 bridgehead atoms. The van der Waals surface area contributed by atoms with E-state index in [1.54, 1.807) is 12.4 Å². The van der Waals surface area contributed by atoms with Crippen LogP contribution in [0.25, 0.3) is 76.5 Å². The number of rotatable bonds is 3. The second-order valence-corrected chi connectivity index (χ2v) is 11.1. The average molecular weight is 523 g/mol. The molecule has 0 saturated carbocycles. The molecule has 2 N–H and O–H groups in total. The summed E-state index contributed by atoms with van der Waals surface area (Å²) in [6.07, 6.45) is 7.14. The molecule has 8 nitrogen and oxygen atoms in total. The van der Waals surface area contributed by atoms with Crippen LogP contribution in [0, 0.1) is 0 Å². The molecule has 4 aromatic carbocycles. The summed E-state index contributed by atoms with van der Waals surface area (Å²) in [5.41, 5.74) is 7.74. The van der Waals surface area contributed by atoms with Gasteiger partial charge in [-0.15, -0.1) is 0 Å². The van der Waals surface area contributed by atoms with Crippen LogP contribution in [0.2, 0.25) is 0 Å². The molecule has 4 aromatic heterocycles. The highest BCUT2D eigenvalue weighted by Gasteiger charge is 2.18. The van der Waals surface area contributed by atoms with Crippen molar-refractivity contribution < 1.29 is 0 Å². The van der Waals surface area contributed by atoms with Gasteiger partial charge < -0.3 is 9.97 Å². The highest BCUT2D eigenvalue weighted by molar-refractivity contribution is 6.24. The van der Waals surface area contributed by atoms with Crippen molar-refractivity contribution >= 4 is 65.4 Å². The van der Waals surface area contributed by atoms with Gasteiger partial charge in [0.2, 0.25) is 0 Å². The first-order valence-corrected chi connectivity index (χ1v) is 13.6. The maximum atomic E-state index is 4.93. The van der Waals surface area contributed by atoms with E-state index in [1.807, 2.05) is 12.4 Å². The fourth-order valence-corrected chi connectivity index (χ4v) is 5.82. The number of H-pyrrole nitrogens is 2. The Hall–Kier alpha value is -4.98. The quantitative estimate of drug-likeness (QED) is 0.232. The Labute approximate surface area is 228 Å². The fraction of sp³-hybridized carbons (Fsp3) is 0.188. The number of aromatic amines is 2. The third-order valence-electron chi connectivity index (χ3n) is 7.90. The molecule has 4 heterocycles. The lowest BCUT2D eigenvalue weighted by Crippen LogP contribution is -1.89. The lowest BCUT2D eigenvalue weighted by Gasteiger charge is -2.10. The van der Waals surface area contributed by atoms with E-state index in [0.29, 0.717) is 5.92 Å². The lowest BCUT2D eigenvalue weighted by atomic mass is 9.95. The standard InChI is InChI=1S/C32H26N8/c1-15(2)31-37-26-19-7-5-17(11-21(19)23-13-35-36-14-24(23)28(26)39-31)18-6-8-20-22(12-18)25-29(34-10-9-33-25)30-27(20)38-32(40-30)16(3)4/h5-16H,1-4H3,(H,37,39)(H,38,40). The van der Waals surface area contributed by atoms with Crippen molar-refractivity contribution in [3.8, 4) is 11.1 Å². The number of nitrogens with zero attached hydrogens (tertiary/aromatic N) is 6. The van der Waals surface area contributed by atoms with Gasteiger partial charge in [0.25, 0.3) is 0 Å². The molecule has 0 atom stereocenters. The summed E-state index contributed by atoms with van der Waals surface area (Å²) in [6, 6.07) is 13.2. The second kappa shape index (κ2) is 8.26. The van der Waals surface area contributed by atoms with Gasteiger partial charge in [0.05, 0.1) is 34.5 Å². The van der Waals surface area contributed by atoms with Gasteiger partial charge in [-0.3, -0.25) is 9.97 Å². The van der Waals surface area contributed by atoms with Crippen molar-refractivity contribution in [3.05, 3.63) is 72.8 Å². The molecule has 0 amide bonds. The molecule has 8 heteroatoms. The van der Waals surface area contributed by atoms with Gasteiger partial charge in [-0.2, -0.15) is 10.2 Å². The van der Waals surface area contributed by atoms with Gasteiger partial charge >= 0.3 is 0 Å². The van der Waals surface area contributed by atoms with Gasteiger partial charge in [0.1, 0.15) is 22.7 Å². The van der Waals surface area contributed by atoms with Crippen LogP contribution in [0.3, 0.4) is 0 Å². The van der Waals surface area contributed by atoms with Crippen molar-refractivity contribution in [2.45, 2.75) is 39.5 Å². The molecular formula is C32H26N8. The summed E-state index contributed by atoms with van der Waals surface area (Å²) < 4.78 is 0. The predicted octanol–water partition coefficient (Wildman–Crippen LogP) is 7.55. The summed E-state index contributed by atoms with van der Waals surface area (Å²) in [7, 11) is 0. The molecule has 194 valence electrons. The largest absolute Gasteiger partial charge is 0.341 e. The highest BCUT2D eigenvalue weighted by Crippen LogP contribution is 2.38. The minimum Gasteiger partial charge on any atom is -0.341 e. The Balaban J connectivity index is 1.41. The van der Waals surface area contributed by atoms with Gasteiger partial charge in [-0.25, -0.2) is 9.97 Å². The number of imidazole rings is 2. The molecule has 0 aliphatic heterocycles. The highest BCUT2D eigenvalue weighted by atomic mass is 15.1. The first-order chi connectivity index (χ1) is 19.5. The van der Waals surface area contributed by atoms with E-state index in [0.717, 1.165) is 88.2 Å². The smallest absolute Gasteiger partial charge is 0.117 e. The number of fused-ring (bicyclic) bond motifs is 12. The van der Waals surface area contributed by atoms with Crippen molar-refractivity contribution in [2.24, 2.45) is 0 Å². The van der Waals surface area contributed by atoms with Crippen LogP contribution in [0.5, 0.6) is 0 Å². The van der Waals surface area contributed by atoms with E-state index in [4.69, 9.17) is 15.0 Å². The zero-order valence-electron chi connectivity index (χ0n) is 22.6. The molecule has 8 rings (SSSR count). The van der Waals surface area contributed by atoms with Crippen LogP contribution in [0.4, 0.5) is 0 Å². The van der Waals surface area contributed by atoms with Gasteiger partial charge in [-0.1, -0.05) is 52.0 Å². The summed E-state index contributed by atoms with van der Waals surface area (Å²) in [6.45, 7) is 8.58. The zero-order chi connectivity index (χ0) is 27.1. The molecule has 0 radical (unpaired) electrons. The van der Waals surface area contributed by atoms with E-state index in [9.17, 15) is 0 Å². The fourth-order valence-electron chi connectivity index (χ4n) is 5.82. The minimum absolute atomic E-state index is 0.281. The van der Waals surface area contributed by atoms with Crippen LogP contribution >= 0.6 is 0 Å². The van der Waals surface area contributed by atoms with Crippen LogP contribution < -0.4 is 0 Å². The summed E-state index contributed by atoms with van der Waals surface area (Å²) in [5.74, 6) is 2.50. The third-order valence-corrected chi connectivity index (χ3v) is 7.90. The monoisotopic (exact) mass is 522 g/mol. The molecular weight excluding hydrogens is 496 g/mol. The Kier molecular flexibility index (Phi) is 4.74. The van der Waals surface area contributed by atoms with Gasteiger partial charge in [0.15, 0.2) is 0 Å². The SMILES string of the molecule is CC(C)c1nc2c3cnncc3c3cc(-c4ccc5c(c4)c4nccnc4c4nc(C(C)C)[nH]c54)ccc3c2[nH]1. The van der Waals surface area contributed by atoms with Crippen molar-refractivity contribution in [1.82, 2.24) is 40.1 Å². The average Bonchev–Trinajstić information content (AvgIpc) is 3.64. The van der Waals surface area contributed by atoms with E-state index >= 15 is 0 Å². The molecule has 0 aliphatic rings. The molecule has 0 fully saturated rings. The van der Waals surface area contributed by atoms with E-state index in [2.05, 4.69) is 89.2 Å². The number of nitrogens with one attached hydrogen (secondary N) is 2. The molecule has 0 unspecified atom stereocenters. The summed E-state index contributed by atoms with van der Waals surface area (Å²) in [4.78, 5) is 26.4. The molecule has 40 heavy (non-hydrogen) atoms. The number of hydrogen-bond donors (Lipinski definition) is 2. The maximum Gasteiger partial charge on any atom is 0.117 e. The summed E-state index contributed by atoms with van der Waals surface area (Å²) >= 11 is 0. The number of aromatic nitrogens is 8. The molecule has 8 aromatic rings. The van der Waals surface area contributed by atoms with Crippen LogP contribution in [0.1, 0.15) is 51.2 Å². The normalized spacial score (nSPS) is 12.4. The molecule has 0 saturated heterocycles. The topological polar surface area (TPSA) is 109 Å². The molecule has 0 aliphatic carbocycles. The first-order valence-electron chi connectivity index (χ1n) is 13.6. The van der Waals surface area contributed by atoms with Crippen LogP contribution in [-0.2, 0) is 0 Å². The Bertz CT molecular complexity index is 2130. The lowest BCUT2D eigenvalue weighted by molar-refractivity contribution is 0.799. The number of hydrogen-bond acceptors (Lipinski definition) is 6.